The second-order valence-electron chi connectivity index (χ2n) is 7.36. The van der Waals surface area contributed by atoms with Crippen LogP contribution in [0.1, 0.15) is 17.6 Å². The van der Waals surface area contributed by atoms with Crippen molar-refractivity contribution >= 4 is 17.5 Å². The molecule has 3 heterocycles. The molecule has 0 radical (unpaired) electrons. The molecule has 2 amide bonds. The van der Waals surface area contributed by atoms with E-state index in [1.54, 1.807) is 18.4 Å². The number of carbonyl (C=O) groups excluding carboxylic acids is 2. The Bertz CT molecular complexity index is 949. The first-order chi connectivity index (χ1) is 15.2. The van der Waals surface area contributed by atoms with Gasteiger partial charge in [0.1, 0.15) is 11.5 Å². The lowest BCUT2D eigenvalue weighted by molar-refractivity contribution is -0.139. The van der Waals surface area contributed by atoms with Gasteiger partial charge < -0.3 is 24.4 Å². The molecule has 3 aromatic rings. The van der Waals surface area contributed by atoms with E-state index in [1.807, 2.05) is 30.3 Å². The van der Waals surface area contributed by atoms with E-state index in [9.17, 15) is 9.59 Å². The third-order valence-electron chi connectivity index (χ3n) is 5.41. The predicted octanol–water partition coefficient (Wildman–Crippen LogP) is 2.17. The van der Waals surface area contributed by atoms with Crippen LogP contribution >= 0.6 is 0 Å². The molecular formula is C23H26N4O4. The Morgan fingerprint density at radius 3 is 2.23 bits per heavy atom. The van der Waals surface area contributed by atoms with Gasteiger partial charge in [0, 0.05) is 38.4 Å². The average molecular weight is 422 g/mol. The number of piperazine rings is 1. The van der Waals surface area contributed by atoms with Gasteiger partial charge >= 0.3 is 11.8 Å². The number of benzene rings is 1. The summed E-state index contributed by atoms with van der Waals surface area (Å²) >= 11 is 0. The molecule has 0 bridgehead atoms. The molecule has 4 rings (SSSR count). The first kappa shape index (κ1) is 20.7. The molecule has 2 aromatic heterocycles. The lowest BCUT2D eigenvalue weighted by atomic mass is 10.1. The molecule has 1 saturated heterocycles. The van der Waals surface area contributed by atoms with Gasteiger partial charge in [-0.2, -0.15) is 0 Å². The standard InChI is InChI=1S/C23H26N4O4/c28-22(24-16-19-8-4-14-30-19)23(29)25-17-20(21-9-5-15-31-21)27-12-10-26(11-13-27)18-6-2-1-3-7-18/h1-9,14-15,20H,10-13,16-17H2,(H,24,28)(H,25,29)/t20-/m1/s1. The number of amides is 2. The van der Waals surface area contributed by atoms with Gasteiger partial charge in [0.2, 0.25) is 0 Å². The number of rotatable bonds is 7. The Labute approximate surface area is 180 Å². The van der Waals surface area contributed by atoms with E-state index in [0.717, 1.165) is 31.9 Å². The summed E-state index contributed by atoms with van der Waals surface area (Å²) in [7, 11) is 0. The molecule has 162 valence electrons. The monoisotopic (exact) mass is 422 g/mol. The minimum Gasteiger partial charge on any atom is -0.468 e. The minimum atomic E-state index is -0.691. The third-order valence-corrected chi connectivity index (χ3v) is 5.41. The largest absolute Gasteiger partial charge is 0.468 e. The number of anilines is 1. The van der Waals surface area contributed by atoms with Crippen LogP contribution < -0.4 is 15.5 Å². The average Bonchev–Trinajstić information content (AvgIpc) is 3.53. The molecule has 0 spiro atoms. The SMILES string of the molecule is O=C(NCc1ccco1)C(=O)NC[C@H](c1ccco1)N1CCN(c2ccccc2)CC1. The van der Waals surface area contributed by atoms with E-state index in [1.165, 1.54) is 12.0 Å². The van der Waals surface area contributed by atoms with E-state index < -0.39 is 11.8 Å². The molecule has 1 aromatic carbocycles. The first-order valence-electron chi connectivity index (χ1n) is 10.4. The highest BCUT2D eigenvalue weighted by molar-refractivity contribution is 6.35. The second kappa shape index (κ2) is 9.99. The molecule has 8 heteroatoms. The van der Waals surface area contributed by atoms with E-state index in [2.05, 4.69) is 32.6 Å². The molecular weight excluding hydrogens is 396 g/mol. The number of hydrogen-bond donors (Lipinski definition) is 2. The summed E-state index contributed by atoms with van der Waals surface area (Å²) in [5, 5.41) is 5.30. The fraction of sp³-hybridized carbons (Fsp3) is 0.304. The highest BCUT2D eigenvalue weighted by atomic mass is 16.3. The maximum absolute atomic E-state index is 12.3. The van der Waals surface area contributed by atoms with Crippen LogP contribution in [0.5, 0.6) is 0 Å². The number of hydrogen-bond acceptors (Lipinski definition) is 6. The van der Waals surface area contributed by atoms with Crippen molar-refractivity contribution in [1.29, 1.82) is 0 Å². The van der Waals surface area contributed by atoms with Crippen LogP contribution in [0.2, 0.25) is 0 Å². The lowest BCUT2D eigenvalue weighted by Crippen LogP contribution is -2.50. The Balaban J connectivity index is 1.32. The first-order valence-corrected chi connectivity index (χ1v) is 10.4. The van der Waals surface area contributed by atoms with E-state index in [0.29, 0.717) is 5.76 Å². The molecule has 31 heavy (non-hydrogen) atoms. The highest BCUT2D eigenvalue weighted by Crippen LogP contribution is 2.24. The molecule has 1 aliphatic heterocycles. The zero-order chi connectivity index (χ0) is 21.5. The Morgan fingerprint density at radius 1 is 0.839 bits per heavy atom. The van der Waals surface area contributed by atoms with Crippen molar-refractivity contribution in [3.63, 3.8) is 0 Å². The molecule has 1 fully saturated rings. The van der Waals surface area contributed by atoms with Gasteiger partial charge in [-0.25, -0.2) is 0 Å². The van der Waals surface area contributed by atoms with Crippen molar-refractivity contribution in [2.24, 2.45) is 0 Å². The van der Waals surface area contributed by atoms with Gasteiger partial charge in [0.25, 0.3) is 0 Å². The smallest absolute Gasteiger partial charge is 0.309 e. The molecule has 0 saturated carbocycles. The van der Waals surface area contributed by atoms with Crippen molar-refractivity contribution in [2.45, 2.75) is 12.6 Å². The summed E-state index contributed by atoms with van der Waals surface area (Å²) in [4.78, 5) is 29.0. The Kier molecular flexibility index (Phi) is 6.68. The molecule has 0 unspecified atom stereocenters. The van der Waals surface area contributed by atoms with Crippen LogP contribution in [0.3, 0.4) is 0 Å². The zero-order valence-electron chi connectivity index (χ0n) is 17.2. The van der Waals surface area contributed by atoms with E-state index in [4.69, 9.17) is 8.83 Å². The van der Waals surface area contributed by atoms with Crippen molar-refractivity contribution in [1.82, 2.24) is 15.5 Å². The number of para-hydroxylation sites is 1. The fourth-order valence-electron chi connectivity index (χ4n) is 3.75. The lowest BCUT2D eigenvalue weighted by Gasteiger charge is -2.39. The van der Waals surface area contributed by atoms with Gasteiger partial charge in [-0.3, -0.25) is 14.5 Å². The van der Waals surface area contributed by atoms with Crippen molar-refractivity contribution in [2.75, 3.05) is 37.6 Å². The van der Waals surface area contributed by atoms with E-state index >= 15 is 0 Å². The summed E-state index contributed by atoms with van der Waals surface area (Å²) in [6.07, 6.45) is 3.15. The minimum absolute atomic E-state index is 0.144. The fourth-order valence-corrected chi connectivity index (χ4v) is 3.75. The van der Waals surface area contributed by atoms with Crippen molar-refractivity contribution < 1.29 is 18.4 Å². The Morgan fingerprint density at radius 2 is 1.55 bits per heavy atom. The van der Waals surface area contributed by atoms with Crippen LogP contribution in [0.15, 0.2) is 76.0 Å². The highest BCUT2D eigenvalue weighted by Gasteiger charge is 2.28. The molecule has 1 atom stereocenters. The van der Waals surface area contributed by atoms with Gasteiger partial charge in [0.15, 0.2) is 0 Å². The van der Waals surface area contributed by atoms with Crippen molar-refractivity contribution in [3.8, 4) is 0 Å². The summed E-state index contributed by atoms with van der Waals surface area (Å²) in [5.41, 5.74) is 1.21. The zero-order valence-corrected chi connectivity index (χ0v) is 17.2. The summed E-state index contributed by atoms with van der Waals surface area (Å²) in [6.45, 7) is 3.84. The van der Waals surface area contributed by atoms with E-state index in [-0.39, 0.29) is 19.1 Å². The summed E-state index contributed by atoms with van der Waals surface area (Å²) < 4.78 is 10.8. The van der Waals surface area contributed by atoms with Crippen LogP contribution in [-0.2, 0) is 16.1 Å². The van der Waals surface area contributed by atoms with Gasteiger partial charge in [0.05, 0.1) is 25.1 Å². The number of furan rings is 2. The number of nitrogens with zero attached hydrogens (tertiary/aromatic N) is 2. The number of carbonyl (C=O) groups is 2. The van der Waals surface area contributed by atoms with Crippen LogP contribution in [-0.4, -0.2) is 49.4 Å². The van der Waals surface area contributed by atoms with Gasteiger partial charge in [-0.05, 0) is 36.4 Å². The quantitative estimate of drug-likeness (QED) is 0.567. The Hall–Kier alpha value is -3.52. The van der Waals surface area contributed by atoms with Gasteiger partial charge in [-0.15, -0.1) is 0 Å². The van der Waals surface area contributed by atoms with Crippen LogP contribution in [0.25, 0.3) is 0 Å². The summed E-state index contributed by atoms with van der Waals surface area (Å²) in [5.74, 6) is -0.00937. The maximum atomic E-state index is 12.3. The van der Waals surface area contributed by atoms with Crippen molar-refractivity contribution in [3.05, 3.63) is 78.6 Å². The maximum Gasteiger partial charge on any atom is 0.309 e. The molecule has 1 aliphatic rings. The molecule has 0 aliphatic carbocycles. The number of nitrogens with one attached hydrogen (secondary N) is 2. The summed E-state index contributed by atoms with van der Waals surface area (Å²) in [6, 6.07) is 17.4. The third kappa shape index (κ3) is 5.35. The molecule has 8 nitrogen and oxygen atoms in total. The second-order valence-corrected chi connectivity index (χ2v) is 7.36. The van der Waals surface area contributed by atoms with Crippen LogP contribution in [0, 0.1) is 0 Å². The molecule has 2 N–H and O–H groups in total. The van der Waals surface area contributed by atoms with Crippen LogP contribution in [0.4, 0.5) is 5.69 Å². The predicted molar refractivity (Wildman–Crippen MR) is 115 cm³/mol. The normalized spacial score (nSPS) is 15.4. The van der Waals surface area contributed by atoms with Gasteiger partial charge in [-0.1, -0.05) is 18.2 Å². The topological polar surface area (TPSA) is 91.0 Å².